The molecular weight excluding hydrogens is 494 g/mol. The third kappa shape index (κ3) is 7.53. The van der Waals surface area contributed by atoms with Crippen LogP contribution < -0.4 is 4.74 Å². The number of carbonyl (C=O) groups is 2. The molecule has 1 unspecified atom stereocenters. The summed E-state index contributed by atoms with van der Waals surface area (Å²) in [5.41, 5.74) is 2.44. The molecule has 7 heteroatoms. The van der Waals surface area contributed by atoms with Gasteiger partial charge < -0.3 is 19.7 Å². The van der Waals surface area contributed by atoms with E-state index in [4.69, 9.17) is 9.47 Å². The zero-order valence-corrected chi connectivity index (χ0v) is 23.3. The summed E-state index contributed by atoms with van der Waals surface area (Å²) in [6, 6.07) is 23.6. The summed E-state index contributed by atoms with van der Waals surface area (Å²) in [5, 5.41) is 21.2. The molecule has 0 aromatic heterocycles. The van der Waals surface area contributed by atoms with Crippen molar-refractivity contribution in [3.8, 4) is 5.75 Å². The van der Waals surface area contributed by atoms with Crippen LogP contribution in [0.5, 0.6) is 5.75 Å². The van der Waals surface area contributed by atoms with Gasteiger partial charge in [-0.1, -0.05) is 66.7 Å². The molecule has 2 atom stereocenters. The molecule has 0 radical (unpaired) electrons. The number of aliphatic hydroxyl groups is 2. The Balaban J connectivity index is 2.06. The summed E-state index contributed by atoms with van der Waals surface area (Å²) in [7, 11) is 0. The van der Waals surface area contributed by atoms with Crippen LogP contribution in [0.15, 0.2) is 78.9 Å². The van der Waals surface area contributed by atoms with Crippen LogP contribution >= 0.6 is 0 Å². The number of nitrogens with zero attached hydrogens (tertiary/aromatic N) is 1. The van der Waals surface area contributed by atoms with Gasteiger partial charge in [-0.25, -0.2) is 4.79 Å². The van der Waals surface area contributed by atoms with Crippen LogP contribution in [-0.2, 0) is 26.7 Å². The molecule has 0 heterocycles. The first-order valence-corrected chi connectivity index (χ1v) is 13.3. The Kier molecular flexibility index (Phi) is 10.4. The van der Waals surface area contributed by atoms with Crippen molar-refractivity contribution in [2.24, 2.45) is 0 Å². The molecule has 0 fully saturated rings. The Bertz CT molecular complexity index is 1220. The summed E-state index contributed by atoms with van der Waals surface area (Å²) in [4.78, 5) is 27.7. The lowest BCUT2D eigenvalue weighted by Gasteiger charge is -2.32. The fraction of sp³-hybridized carbons (Fsp3) is 0.375. The molecule has 0 aliphatic carbocycles. The van der Waals surface area contributed by atoms with Crippen LogP contribution in [-0.4, -0.2) is 45.7 Å². The Morgan fingerprint density at radius 3 is 2.03 bits per heavy atom. The van der Waals surface area contributed by atoms with Crippen molar-refractivity contribution in [3.63, 3.8) is 0 Å². The van der Waals surface area contributed by atoms with Crippen molar-refractivity contribution in [1.82, 2.24) is 4.90 Å². The highest BCUT2D eigenvalue weighted by atomic mass is 16.7. The monoisotopic (exact) mass is 533 g/mol. The smallest absolute Gasteiger partial charge is 0.390 e. The van der Waals surface area contributed by atoms with Gasteiger partial charge in [0.05, 0.1) is 6.61 Å². The molecule has 0 bridgehead atoms. The largest absolute Gasteiger partial charge is 0.421 e. The van der Waals surface area contributed by atoms with E-state index in [-0.39, 0.29) is 23.8 Å². The molecule has 0 amide bonds. The van der Waals surface area contributed by atoms with Crippen molar-refractivity contribution in [3.05, 3.63) is 101 Å². The molecule has 0 spiro atoms. The normalized spacial score (nSPS) is 13.8. The van der Waals surface area contributed by atoms with Gasteiger partial charge in [-0.2, -0.15) is 0 Å². The number of rotatable bonds is 12. The highest BCUT2D eigenvalue weighted by Gasteiger charge is 2.44. The van der Waals surface area contributed by atoms with Crippen molar-refractivity contribution in [1.29, 1.82) is 0 Å². The number of esters is 2. The molecule has 3 aromatic rings. The van der Waals surface area contributed by atoms with Crippen LogP contribution in [0.1, 0.15) is 69.2 Å². The van der Waals surface area contributed by atoms with Gasteiger partial charge in [-0.15, -0.1) is 0 Å². The van der Waals surface area contributed by atoms with Crippen LogP contribution in [0.3, 0.4) is 0 Å². The van der Waals surface area contributed by atoms with E-state index >= 15 is 0 Å². The number of carbonyl (C=O) groups excluding carboxylic acids is 2. The standard InChI is InChI=1S/C32H39NO6/c1-22(2)33(23(3)4)19-18-28(26-12-8-6-9-13-26)29-20-25(21-34)16-17-30(29)38-31(36)32(37,39-24(5)35)27-14-10-7-11-15-27/h6-17,20,22-23,28,34,37H,18-19,21H2,1-5H3/t28?,32-/m1/s1. The number of ether oxygens (including phenoxy) is 2. The van der Waals surface area contributed by atoms with E-state index in [0.717, 1.165) is 19.0 Å². The first-order chi connectivity index (χ1) is 18.6. The molecule has 208 valence electrons. The Hall–Kier alpha value is -3.52. The van der Waals surface area contributed by atoms with E-state index in [0.29, 0.717) is 29.6 Å². The fourth-order valence-electron chi connectivity index (χ4n) is 4.90. The zero-order chi connectivity index (χ0) is 28.6. The third-order valence-corrected chi connectivity index (χ3v) is 6.77. The summed E-state index contributed by atoms with van der Waals surface area (Å²) in [6.45, 7) is 10.4. The summed E-state index contributed by atoms with van der Waals surface area (Å²) < 4.78 is 10.9. The van der Waals surface area contributed by atoms with Crippen molar-refractivity contribution >= 4 is 11.9 Å². The lowest BCUT2D eigenvalue weighted by Crippen LogP contribution is -2.43. The van der Waals surface area contributed by atoms with Crippen molar-refractivity contribution in [2.75, 3.05) is 6.54 Å². The molecule has 7 nitrogen and oxygen atoms in total. The molecule has 0 aliphatic rings. The molecule has 2 N–H and O–H groups in total. The predicted molar refractivity (Wildman–Crippen MR) is 150 cm³/mol. The Morgan fingerprint density at radius 2 is 1.49 bits per heavy atom. The lowest BCUT2D eigenvalue weighted by atomic mass is 9.86. The highest BCUT2D eigenvalue weighted by Crippen LogP contribution is 2.37. The maximum absolute atomic E-state index is 13.5. The van der Waals surface area contributed by atoms with Crippen LogP contribution in [0.2, 0.25) is 0 Å². The second kappa shape index (κ2) is 13.5. The molecule has 0 saturated carbocycles. The number of hydrogen-bond donors (Lipinski definition) is 2. The van der Waals surface area contributed by atoms with Gasteiger partial charge in [0.25, 0.3) is 0 Å². The number of aliphatic hydroxyl groups excluding tert-OH is 1. The number of benzene rings is 3. The first-order valence-electron chi connectivity index (χ1n) is 13.3. The van der Waals surface area contributed by atoms with Gasteiger partial charge in [0.15, 0.2) is 0 Å². The minimum atomic E-state index is -2.63. The second-order valence-corrected chi connectivity index (χ2v) is 10.2. The summed E-state index contributed by atoms with van der Waals surface area (Å²) >= 11 is 0. The molecule has 0 aliphatic heterocycles. The van der Waals surface area contributed by atoms with Gasteiger partial charge in [0, 0.05) is 36.1 Å². The van der Waals surface area contributed by atoms with E-state index in [1.54, 1.807) is 30.3 Å². The van der Waals surface area contributed by atoms with Gasteiger partial charge in [-0.3, -0.25) is 9.69 Å². The maximum atomic E-state index is 13.5. The van der Waals surface area contributed by atoms with Crippen LogP contribution in [0, 0.1) is 0 Å². The van der Waals surface area contributed by atoms with Crippen molar-refractivity contribution < 1.29 is 29.3 Å². The zero-order valence-electron chi connectivity index (χ0n) is 23.3. The summed E-state index contributed by atoms with van der Waals surface area (Å²) in [6.07, 6.45) is 0.715. The molecule has 0 saturated heterocycles. The lowest BCUT2D eigenvalue weighted by molar-refractivity contribution is -0.224. The molecular formula is C32H39NO6. The quantitative estimate of drug-likeness (QED) is 0.189. The Labute approximate surface area is 231 Å². The van der Waals surface area contributed by atoms with E-state index in [2.05, 4.69) is 32.6 Å². The second-order valence-electron chi connectivity index (χ2n) is 10.2. The highest BCUT2D eigenvalue weighted by molar-refractivity contribution is 5.84. The predicted octanol–water partition coefficient (Wildman–Crippen LogP) is 5.13. The fourth-order valence-corrected chi connectivity index (χ4v) is 4.90. The summed E-state index contributed by atoms with van der Waals surface area (Å²) in [5.74, 6) is -4.57. The van der Waals surface area contributed by atoms with Gasteiger partial charge in [0.1, 0.15) is 5.75 Å². The molecule has 3 aromatic carbocycles. The first kappa shape index (κ1) is 30.0. The average molecular weight is 534 g/mol. The van der Waals surface area contributed by atoms with Crippen LogP contribution in [0.25, 0.3) is 0 Å². The topological polar surface area (TPSA) is 96.3 Å². The minimum absolute atomic E-state index is 0.0721. The van der Waals surface area contributed by atoms with Crippen LogP contribution in [0.4, 0.5) is 0 Å². The van der Waals surface area contributed by atoms with Gasteiger partial charge in [-0.05, 0) is 63.9 Å². The van der Waals surface area contributed by atoms with E-state index in [1.807, 2.05) is 36.4 Å². The van der Waals surface area contributed by atoms with Gasteiger partial charge in [0.2, 0.25) is 0 Å². The average Bonchev–Trinajstić information content (AvgIpc) is 2.91. The number of hydrogen-bond acceptors (Lipinski definition) is 7. The third-order valence-electron chi connectivity index (χ3n) is 6.77. The Morgan fingerprint density at radius 1 is 0.897 bits per heavy atom. The van der Waals surface area contributed by atoms with Gasteiger partial charge >= 0.3 is 17.7 Å². The minimum Gasteiger partial charge on any atom is -0.421 e. The maximum Gasteiger partial charge on any atom is 0.390 e. The van der Waals surface area contributed by atoms with E-state index in [9.17, 15) is 19.8 Å². The van der Waals surface area contributed by atoms with E-state index in [1.165, 1.54) is 12.1 Å². The van der Waals surface area contributed by atoms with E-state index < -0.39 is 17.7 Å². The van der Waals surface area contributed by atoms with Crippen molar-refractivity contribution in [2.45, 2.75) is 71.4 Å². The molecule has 39 heavy (non-hydrogen) atoms. The SMILES string of the molecule is CC(=O)O[C@@](O)(C(=O)Oc1ccc(CO)cc1C(CCN(C(C)C)C(C)C)c1ccccc1)c1ccccc1. The molecule has 3 rings (SSSR count).